The number of carboxylic acid groups (broad SMARTS) is 1. The van der Waals surface area contributed by atoms with E-state index in [1.165, 1.54) is 24.8 Å². The second kappa shape index (κ2) is 6.62. The number of carboxylic acids is 1. The van der Waals surface area contributed by atoms with Crippen molar-refractivity contribution in [1.82, 2.24) is 0 Å². The van der Waals surface area contributed by atoms with E-state index in [4.69, 9.17) is 5.11 Å². The van der Waals surface area contributed by atoms with Crippen LogP contribution in [0.15, 0.2) is 22.7 Å². The lowest BCUT2D eigenvalue weighted by molar-refractivity contribution is -0.117. The highest BCUT2D eigenvalue weighted by Gasteiger charge is 2.31. The third-order valence-electron chi connectivity index (χ3n) is 3.22. The number of carbonyl (C=O) groups excluding carboxylic acids is 2. The molecule has 112 valence electrons. The lowest BCUT2D eigenvalue weighted by atomic mass is 10.1. The Kier molecular flexibility index (Phi) is 5.05. The van der Waals surface area contributed by atoms with E-state index in [1.54, 1.807) is 17.0 Å². The number of rotatable bonds is 4. The Morgan fingerprint density at radius 2 is 2.19 bits per heavy atom. The van der Waals surface area contributed by atoms with Gasteiger partial charge in [0.05, 0.1) is 5.56 Å². The summed E-state index contributed by atoms with van der Waals surface area (Å²) in [5.41, 5.74) is 0.706. The van der Waals surface area contributed by atoms with Crippen LogP contribution >= 0.6 is 27.7 Å². The van der Waals surface area contributed by atoms with Gasteiger partial charge in [0.15, 0.2) is 5.12 Å². The average Bonchev–Trinajstić information content (AvgIpc) is 2.78. The van der Waals surface area contributed by atoms with E-state index in [1.807, 2.05) is 0 Å². The lowest BCUT2D eigenvalue weighted by Gasteiger charge is -2.17. The van der Waals surface area contributed by atoms with Crippen LogP contribution in [0.1, 0.15) is 23.7 Å². The van der Waals surface area contributed by atoms with Crippen LogP contribution in [0, 0.1) is 5.92 Å². The first-order valence-electron chi connectivity index (χ1n) is 6.35. The molecule has 1 heterocycles. The standard InChI is InChI=1S/C14H14BrNO4S/c1-8(17)21-7-9-4-13(18)16(6-9)10-2-3-12(15)11(5-10)14(19)20/h2-3,5,9H,4,6-7H2,1H3,(H,19,20). The van der Waals surface area contributed by atoms with Gasteiger partial charge in [-0.3, -0.25) is 9.59 Å². The molecule has 21 heavy (non-hydrogen) atoms. The van der Waals surface area contributed by atoms with Gasteiger partial charge in [0, 0.05) is 35.8 Å². The molecule has 7 heteroatoms. The van der Waals surface area contributed by atoms with Crippen molar-refractivity contribution in [2.45, 2.75) is 13.3 Å². The predicted octanol–water partition coefficient (Wildman–Crippen LogP) is 2.78. The minimum Gasteiger partial charge on any atom is -0.478 e. The summed E-state index contributed by atoms with van der Waals surface area (Å²) in [6.07, 6.45) is 0.388. The van der Waals surface area contributed by atoms with Crippen molar-refractivity contribution in [3.05, 3.63) is 28.2 Å². The molecule has 1 aromatic rings. The molecule has 5 nitrogen and oxygen atoms in total. The average molecular weight is 372 g/mol. The third-order valence-corrected chi connectivity index (χ3v) is 4.96. The fourth-order valence-corrected chi connectivity index (χ4v) is 3.33. The maximum Gasteiger partial charge on any atom is 0.336 e. The molecule has 0 bridgehead atoms. The number of thioether (sulfide) groups is 1. The molecule has 1 unspecified atom stereocenters. The molecule has 1 aliphatic heterocycles. The van der Waals surface area contributed by atoms with Crippen LogP contribution < -0.4 is 4.90 Å². The SMILES string of the molecule is CC(=O)SCC1CC(=O)N(c2ccc(Br)c(C(=O)O)c2)C1. The van der Waals surface area contributed by atoms with Gasteiger partial charge in [-0.2, -0.15) is 0 Å². The van der Waals surface area contributed by atoms with E-state index in [2.05, 4.69) is 15.9 Å². The molecule has 1 aliphatic rings. The summed E-state index contributed by atoms with van der Waals surface area (Å²) in [6.45, 7) is 2.02. The van der Waals surface area contributed by atoms with Crippen LogP contribution in [-0.2, 0) is 9.59 Å². The maximum atomic E-state index is 12.1. The fraction of sp³-hybridized carbons (Fsp3) is 0.357. The number of aromatic carboxylic acids is 1. The highest BCUT2D eigenvalue weighted by molar-refractivity contribution is 9.10. The van der Waals surface area contributed by atoms with Crippen molar-refractivity contribution in [2.75, 3.05) is 17.2 Å². The number of carbonyl (C=O) groups is 3. The molecule has 1 atom stereocenters. The zero-order valence-corrected chi connectivity index (χ0v) is 13.7. The van der Waals surface area contributed by atoms with Gasteiger partial charge in [-0.25, -0.2) is 4.79 Å². The second-order valence-corrected chi connectivity index (χ2v) is 6.90. The fourth-order valence-electron chi connectivity index (χ4n) is 2.22. The molecule has 1 fully saturated rings. The Morgan fingerprint density at radius 1 is 1.48 bits per heavy atom. The van der Waals surface area contributed by atoms with E-state index >= 15 is 0 Å². The normalized spacial score (nSPS) is 18.1. The molecular weight excluding hydrogens is 358 g/mol. The summed E-state index contributed by atoms with van der Waals surface area (Å²) in [6, 6.07) is 4.84. The smallest absolute Gasteiger partial charge is 0.336 e. The van der Waals surface area contributed by atoms with Crippen molar-refractivity contribution >= 4 is 50.4 Å². The van der Waals surface area contributed by atoms with Gasteiger partial charge in [-0.05, 0) is 40.0 Å². The summed E-state index contributed by atoms with van der Waals surface area (Å²) in [7, 11) is 0. The largest absolute Gasteiger partial charge is 0.478 e. The Hall–Kier alpha value is -1.34. The van der Waals surface area contributed by atoms with Gasteiger partial charge >= 0.3 is 5.97 Å². The summed E-state index contributed by atoms with van der Waals surface area (Å²) >= 11 is 4.40. The van der Waals surface area contributed by atoms with Gasteiger partial charge < -0.3 is 10.0 Å². The molecule has 1 amide bonds. The van der Waals surface area contributed by atoms with E-state index < -0.39 is 5.97 Å². The van der Waals surface area contributed by atoms with E-state index in [0.29, 0.717) is 28.9 Å². The van der Waals surface area contributed by atoms with Crippen LogP contribution in [0.2, 0.25) is 0 Å². The highest BCUT2D eigenvalue weighted by atomic mass is 79.9. The van der Waals surface area contributed by atoms with E-state index in [0.717, 1.165) is 0 Å². The highest BCUT2D eigenvalue weighted by Crippen LogP contribution is 2.30. The number of benzene rings is 1. The zero-order chi connectivity index (χ0) is 15.6. The van der Waals surface area contributed by atoms with Crippen molar-refractivity contribution in [1.29, 1.82) is 0 Å². The lowest BCUT2D eigenvalue weighted by Crippen LogP contribution is -2.25. The van der Waals surface area contributed by atoms with Crippen molar-refractivity contribution in [3.63, 3.8) is 0 Å². The second-order valence-electron chi connectivity index (χ2n) is 4.85. The molecule has 1 saturated heterocycles. The summed E-state index contributed by atoms with van der Waals surface area (Å²) in [5, 5.41) is 9.16. The van der Waals surface area contributed by atoms with Crippen LogP contribution in [-0.4, -0.2) is 34.4 Å². The van der Waals surface area contributed by atoms with E-state index in [-0.39, 0.29) is 22.5 Å². The molecule has 1 N–H and O–H groups in total. The third kappa shape index (κ3) is 3.85. The summed E-state index contributed by atoms with van der Waals surface area (Å²) < 4.78 is 0.481. The number of hydrogen-bond donors (Lipinski definition) is 1. The summed E-state index contributed by atoms with van der Waals surface area (Å²) in [4.78, 5) is 35.8. The minimum atomic E-state index is -1.04. The summed E-state index contributed by atoms with van der Waals surface area (Å²) in [5.74, 6) is -0.356. The first kappa shape index (κ1) is 16.0. The quantitative estimate of drug-likeness (QED) is 0.880. The Bertz CT molecular complexity index is 605. The molecule has 0 radical (unpaired) electrons. The molecular formula is C14H14BrNO4S. The minimum absolute atomic E-state index is 0.0391. The number of nitrogens with zero attached hydrogens (tertiary/aromatic N) is 1. The topological polar surface area (TPSA) is 74.7 Å². The van der Waals surface area contributed by atoms with Gasteiger partial charge in [-0.15, -0.1) is 0 Å². The molecule has 2 rings (SSSR count). The van der Waals surface area contributed by atoms with E-state index in [9.17, 15) is 14.4 Å². The molecule has 0 aliphatic carbocycles. The van der Waals surface area contributed by atoms with Crippen molar-refractivity contribution in [2.24, 2.45) is 5.92 Å². The zero-order valence-electron chi connectivity index (χ0n) is 11.3. The van der Waals surface area contributed by atoms with Gasteiger partial charge in [0.25, 0.3) is 0 Å². The van der Waals surface area contributed by atoms with Crippen LogP contribution in [0.4, 0.5) is 5.69 Å². The number of anilines is 1. The Balaban J connectivity index is 2.15. The van der Waals surface area contributed by atoms with Gasteiger partial charge in [0.2, 0.25) is 5.91 Å². The number of hydrogen-bond acceptors (Lipinski definition) is 4. The van der Waals surface area contributed by atoms with Crippen LogP contribution in [0.3, 0.4) is 0 Å². The molecule has 1 aromatic carbocycles. The molecule has 0 aromatic heterocycles. The number of amides is 1. The monoisotopic (exact) mass is 371 g/mol. The maximum absolute atomic E-state index is 12.1. The van der Waals surface area contributed by atoms with Crippen molar-refractivity contribution in [3.8, 4) is 0 Å². The molecule has 0 saturated carbocycles. The number of halogens is 1. The van der Waals surface area contributed by atoms with Crippen LogP contribution in [0.25, 0.3) is 0 Å². The first-order valence-corrected chi connectivity index (χ1v) is 8.13. The first-order chi connectivity index (χ1) is 9.88. The van der Waals surface area contributed by atoms with Crippen LogP contribution in [0.5, 0.6) is 0 Å². The Labute approximate surface area is 134 Å². The van der Waals surface area contributed by atoms with Gasteiger partial charge in [-0.1, -0.05) is 11.8 Å². The molecule has 0 spiro atoms. The predicted molar refractivity (Wildman–Crippen MR) is 84.7 cm³/mol. The van der Waals surface area contributed by atoms with Crippen molar-refractivity contribution < 1.29 is 19.5 Å². The Morgan fingerprint density at radius 3 is 2.81 bits per heavy atom. The van der Waals surface area contributed by atoms with Gasteiger partial charge in [0.1, 0.15) is 0 Å².